The fourth-order valence-corrected chi connectivity index (χ4v) is 5.20. The predicted molar refractivity (Wildman–Crippen MR) is 124 cm³/mol. The van der Waals surface area contributed by atoms with E-state index in [9.17, 15) is 26.4 Å². The number of aliphatic imine (C=N–C) groups is 1. The zero-order valence-corrected chi connectivity index (χ0v) is 19.2. The summed E-state index contributed by atoms with van der Waals surface area (Å²) in [7, 11) is -2.18. The van der Waals surface area contributed by atoms with E-state index in [0.717, 1.165) is 9.21 Å². The maximum atomic E-state index is 14.0. The molecule has 9 nitrogen and oxygen atoms in total. The molecule has 1 fully saturated rings. The number of aromatic nitrogens is 3. The van der Waals surface area contributed by atoms with Gasteiger partial charge in [0, 0.05) is 50.5 Å². The number of pyridine rings is 2. The van der Waals surface area contributed by atoms with Gasteiger partial charge in [-0.05, 0) is 36.2 Å². The number of nitrogens with zero attached hydrogens (tertiary/aromatic N) is 4. The summed E-state index contributed by atoms with van der Waals surface area (Å²) in [6.07, 6.45) is -1.57. The molecule has 1 aliphatic heterocycles. The van der Waals surface area contributed by atoms with Crippen LogP contribution in [0.4, 0.5) is 19.0 Å². The zero-order chi connectivity index (χ0) is 24.7. The van der Waals surface area contributed by atoms with Crippen molar-refractivity contribution in [3.05, 3.63) is 46.5 Å². The molecule has 3 aromatic rings. The fourth-order valence-electron chi connectivity index (χ4n) is 4.11. The van der Waals surface area contributed by atoms with Crippen molar-refractivity contribution < 1.29 is 21.6 Å². The van der Waals surface area contributed by atoms with Crippen molar-refractivity contribution in [2.45, 2.75) is 19.1 Å². The molecule has 1 aliphatic rings. The minimum atomic E-state index is -4.71. The van der Waals surface area contributed by atoms with Gasteiger partial charge in [0.05, 0.1) is 11.4 Å². The molecule has 0 radical (unpaired) electrons. The van der Waals surface area contributed by atoms with E-state index in [0.29, 0.717) is 27.9 Å². The Labute approximate surface area is 193 Å². The number of anilines is 1. The van der Waals surface area contributed by atoms with Crippen LogP contribution < -0.4 is 10.5 Å². The lowest BCUT2D eigenvalue weighted by Gasteiger charge is -2.42. The van der Waals surface area contributed by atoms with E-state index in [-0.39, 0.29) is 24.7 Å². The molecule has 0 bridgehead atoms. The molecule has 0 aromatic carbocycles. The van der Waals surface area contributed by atoms with E-state index in [4.69, 9.17) is 0 Å². The SMILES string of the molecule is CCS(=O)(=O)N1CCN(c2cc(-c3ccnc4[nH]c(C=NC)cc34)cc(=O)[nH]2)C(C(F)(F)F)C1. The van der Waals surface area contributed by atoms with Crippen LogP contribution >= 0.6 is 0 Å². The quantitative estimate of drug-likeness (QED) is 0.527. The minimum absolute atomic E-state index is 0.0331. The van der Waals surface area contributed by atoms with Gasteiger partial charge >= 0.3 is 6.18 Å². The molecule has 4 heterocycles. The highest BCUT2D eigenvalue weighted by atomic mass is 32.2. The molecule has 1 saturated heterocycles. The number of H-pyrrole nitrogens is 2. The molecule has 0 spiro atoms. The maximum absolute atomic E-state index is 14.0. The van der Waals surface area contributed by atoms with Gasteiger partial charge in [-0.25, -0.2) is 13.4 Å². The Kier molecular flexibility index (Phi) is 6.25. The Morgan fingerprint density at radius 3 is 2.68 bits per heavy atom. The van der Waals surface area contributed by atoms with Gasteiger partial charge in [0.2, 0.25) is 15.6 Å². The first-order chi connectivity index (χ1) is 16.0. The Balaban J connectivity index is 1.78. The van der Waals surface area contributed by atoms with Gasteiger partial charge in [0.15, 0.2) is 0 Å². The zero-order valence-electron chi connectivity index (χ0n) is 18.4. The van der Waals surface area contributed by atoms with Gasteiger partial charge in [0.25, 0.3) is 0 Å². The second-order valence-corrected chi connectivity index (χ2v) is 10.1. The van der Waals surface area contributed by atoms with E-state index in [1.165, 1.54) is 25.3 Å². The van der Waals surface area contributed by atoms with Crippen LogP contribution in [0, 0.1) is 0 Å². The lowest BCUT2D eigenvalue weighted by Crippen LogP contribution is -2.60. The normalized spacial score (nSPS) is 18.3. The average molecular weight is 497 g/mol. The molecule has 0 saturated carbocycles. The number of piperazine rings is 1. The predicted octanol–water partition coefficient (Wildman–Crippen LogP) is 2.37. The van der Waals surface area contributed by atoms with Crippen LogP contribution in [0.25, 0.3) is 22.2 Å². The summed E-state index contributed by atoms with van der Waals surface area (Å²) in [5.74, 6) is -0.321. The molecule has 4 rings (SSSR count). The number of fused-ring (bicyclic) bond motifs is 1. The Morgan fingerprint density at radius 1 is 1.24 bits per heavy atom. The second kappa shape index (κ2) is 8.87. The number of aromatic amines is 2. The summed E-state index contributed by atoms with van der Waals surface area (Å²) in [5, 5.41) is 0.681. The van der Waals surface area contributed by atoms with E-state index in [1.807, 2.05) is 0 Å². The van der Waals surface area contributed by atoms with Gasteiger partial charge in [-0.15, -0.1) is 0 Å². The van der Waals surface area contributed by atoms with Crippen LogP contribution in [0.5, 0.6) is 0 Å². The third-order valence-electron chi connectivity index (χ3n) is 5.75. The summed E-state index contributed by atoms with van der Waals surface area (Å²) in [6.45, 7) is 0.296. The summed E-state index contributed by atoms with van der Waals surface area (Å²) in [4.78, 5) is 27.3. The second-order valence-electron chi connectivity index (χ2n) is 7.86. The monoisotopic (exact) mass is 496 g/mol. The lowest BCUT2D eigenvalue weighted by molar-refractivity contribution is -0.153. The van der Waals surface area contributed by atoms with Gasteiger partial charge < -0.3 is 14.9 Å². The molecule has 2 N–H and O–H groups in total. The minimum Gasteiger partial charge on any atom is -0.344 e. The lowest BCUT2D eigenvalue weighted by atomic mass is 10.0. The van der Waals surface area contributed by atoms with Crippen LogP contribution in [-0.4, -0.2) is 78.5 Å². The molecular formula is C21H23F3N6O3S. The molecule has 13 heteroatoms. The van der Waals surface area contributed by atoms with E-state index in [2.05, 4.69) is 19.9 Å². The fraction of sp³-hybridized carbons (Fsp3) is 0.381. The third kappa shape index (κ3) is 4.57. The molecule has 182 valence electrons. The highest BCUT2D eigenvalue weighted by Crippen LogP contribution is 2.34. The summed E-state index contributed by atoms with van der Waals surface area (Å²) in [5.41, 5.74) is 1.68. The summed E-state index contributed by atoms with van der Waals surface area (Å²) >= 11 is 0. The van der Waals surface area contributed by atoms with E-state index in [1.54, 1.807) is 25.4 Å². The van der Waals surface area contributed by atoms with Crippen LogP contribution in [0.2, 0.25) is 0 Å². The first-order valence-electron chi connectivity index (χ1n) is 10.5. The van der Waals surface area contributed by atoms with Gasteiger partial charge in [0.1, 0.15) is 17.5 Å². The third-order valence-corrected chi connectivity index (χ3v) is 7.60. The number of alkyl halides is 3. The summed E-state index contributed by atoms with van der Waals surface area (Å²) < 4.78 is 67.2. The van der Waals surface area contributed by atoms with Crippen LogP contribution in [-0.2, 0) is 10.0 Å². The maximum Gasteiger partial charge on any atom is 0.410 e. The molecule has 0 aliphatic carbocycles. The van der Waals surface area contributed by atoms with Crippen molar-refractivity contribution in [2.75, 3.05) is 37.3 Å². The molecular weight excluding hydrogens is 473 g/mol. The number of halogens is 3. The van der Waals surface area contributed by atoms with Crippen molar-refractivity contribution in [2.24, 2.45) is 4.99 Å². The molecule has 34 heavy (non-hydrogen) atoms. The largest absolute Gasteiger partial charge is 0.410 e. The number of sulfonamides is 1. The number of hydrogen-bond acceptors (Lipinski definition) is 6. The van der Waals surface area contributed by atoms with Crippen LogP contribution in [0.3, 0.4) is 0 Å². The van der Waals surface area contributed by atoms with E-state index < -0.39 is 34.3 Å². The number of nitrogens with one attached hydrogen (secondary N) is 2. The summed E-state index contributed by atoms with van der Waals surface area (Å²) in [6, 6.07) is 4.14. The molecule has 1 atom stereocenters. The molecule has 1 unspecified atom stereocenters. The molecule has 0 amide bonds. The highest BCUT2D eigenvalue weighted by Gasteiger charge is 2.48. The van der Waals surface area contributed by atoms with Crippen molar-refractivity contribution in [3.8, 4) is 11.1 Å². The van der Waals surface area contributed by atoms with Gasteiger partial charge in [-0.2, -0.15) is 17.5 Å². The number of hydrogen-bond donors (Lipinski definition) is 2. The average Bonchev–Trinajstić information content (AvgIpc) is 3.20. The van der Waals surface area contributed by atoms with Crippen LogP contribution in [0.15, 0.2) is 40.2 Å². The van der Waals surface area contributed by atoms with Crippen molar-refractivity contribution in [3.63, 3.8) is 0 Å². The Hall–Kier alpha value is -3.19. The van der Waals surface area contributed by atoms with Crippen molar-refractivity contribution in [1.29, 1.82) is 0 Å². The Bertz CT molecular complexity index is 1400. The van der Waals surface area contributed by atoms with E-state index >= 15 is 0 Å². The highest BCUT2D eigenvalue weighted by molar-refractivity contribution is 7.89. The topological polar surface area (TPSA) is 115 Å². The smallest absolute Gasteiger partial charge is 0.344 e. The standard InChI is InChI=1S/C21H23F3N6O3S/c1-3-34(32,33)29-6-7-30(17(12-29)21(22,23)24)18-8-13(9-19(31)28-18)15-4-5-26-20-16(15)10-14(27-20)11-25-2/h4-5,8-11,17H,3,6-7,12H2,1-2H3,(H,26,27)(H,28,31). The van der Waals surface area contributed by atoms with Gasteiger partial charge in [-0.1, -0.05) is 0 Å². The first kappa shape index (κ1) is 24.0. The van der Waals surface area contributed by atoms with Crippen molar-refractivity contribution in [1.82, 2.24) is 19.3 Å². The van der Waals surface area contributed by atoms with Gasteiger partial charge in [-0.3, -0.25) is 9.79 Å². The van der Waals surface area contributed by atoms with Crippen LogP contribution in [0.1, 0.15) is 12.6 Å². The van der Waals surface area contributed by atoms with Crippen molar-refractivity contribution >= 4 is 33.1 Å². The molecule has 3 aromatic heterocycles. The first-order valence-corrected chi connectivity index (χ1v) is 12.1. The number of rotatable bonds is 5. The Morgan fingerprint density at radius 2 is 2.00 bits per heavy atom.